The van der Waals surface area contributed by atoms with Crippen LogP contribution in [-0.2, 0) is 29.4 Å². The monoisotopic (exact) mass is 587 g/mol. The number of hydrogen-bond acceptors (Lipinski definition) is 7. The molecule has 0 fully saturated rings. The van der Waals surface area contributed by atoms with Gasteiger partial charge in [0, 0.05) is 32.4 Å². The number of ketones is 1. The Bertz CT molecular complexity index is 1250. The van der Waals surface area contributed by atoms with Crippen molar-refractivity contribution in [2.45, 2.75) is 24.9 Å². The highest BCUT2D eigenvalue weighted by Gasteiger charge is 2.38. The Kier molecular flexibility index (Phi) is 13.7. The summed E-state index contributed by atoms with van der Waals surface area (Å²) >= 11 is 0. The van der Waals surface area contributed by atoms with Crippen molar-refractivity contribution >= 4 is 11.7 Å². The third kappa shape index (κ3) is 9.69. The molecule has 0 saturated carbocycles. The molecule has 3 aromatic rings. The van der Waals surface area contributed by atoms with Gasteiger partial charge in [-0.2, -0.15) is 0 Å². The number of benzene rings is 3. The van der Waals surface area contributed by atoms with E-state index in [-0.39, 0.29) is 63.2 Å². The summed E-state index contributed by atoms with van der Waals surface area (Å²) in [6.07, 6.45) is 5.77. The molecule has 228 valence electrons. The molecular weight excluding hydrogens is 546 g/mol. The minimum atomic E-state index is -0.996. The van der Waals surface area contributed by atoms with Crippen LogP contribution in [0.25, 0.3) is 0 Å². The summed E-state index contributed by atoms with van der Waals surface area (Å²) in [5.41, 5.74) is 1.74. The molecule has 0 aliphatic rings. The number of methoxy groups -OCH3 is 3. The molecule has 0 heterocycles. The topological polar surface area (TPSA) is 92.3 Å². The van der Waals surface area contributed by atoms with Crippen molar-refractivity contribution in [1.82, 2.24) is 5.32 Å². The predicted molar refractivity (Wildman–Crippen MR) is 165 cm³/mol. The molecule has 8 heteroatoms. The fraction of sp³-hybridized carbons (Fsp3) is 0.371. The van der Waals surface area contributed by atoms with Crippen molar-refractivity contribution in [2.24, 2.45) is 5.92 Å². The van der Waals surface area contributed by atoms with Crippen LogP contribution in [0.1, 0.15) is 36.0 Å². The van der Waals surface area contributed by atoms with Gasteiger partial charge in [0.05, 0.1) is 40.5 Å². The standard InChI is InChI=1S/C35H41NO7/c1-5-22-42-23-20-34(38)36-21-19-31(37)24-27(25-39-2)26-43-35(28-9-7-6-8-10-28,29-11-15-32(40-3)16-12-29)30-13-17-33(41-4)18-14-30/h1,6-18,27H,19-26H2,2-4H3,(H,36,38). The van der Waals surface area contributed by atoms with Crippen LogP contribution >= 0.6 is 0 Å². The van der Waals surface area contributed by atoms with Gasteiger partial charge in [-0.25, -0.2) is 0 Å². The lowest BCUT2D eigenvalue weighted by molar-refractivity contribution is -0.123. The zero-order valence-electron chi connectivity index (χ0n) is 25.2. The van der Waals surface area contributed by atoms with Gasteiger partial charge >= 0.3 is 0 Å². The van der Waals surface area contributed by atoms with Crippen LogP contribution in [0.15, 0.2) is 78.9 Å². The minimum Gasteiger partial charge on any atom is -0.497 e. The van der Waals surface area contributed by atoms with Gasteiger partial charge in [-0.15, -0.1) is 6.42 Å². The third-order valence-corrected chi connectivity index (χ3v) is 7.01. The van der Waals surface area contributed by atoms with Crippen molar-refractivity contribution in [2.75, 3.05) is 54.3 Å². The largest absolute Gasteiger partial charge is 0.497 e. The fourth-order valence-electron chi connectivity index (χ4n) is 4.87. The summed E-state index contributed by atoms with van der Waals surface area (Å²) in [6.45, 7) is 1.23. The van der Waals surface area contributed by atoms with Gasteiger partial charge in [-0.05, 0) is 41.0 Å². The van der Waals surface area contributed by atoms with Gasteiger partial charge in [0.2, 0.25) is 5.91 Å². The average molecular weight is 588 g/mol. The zero-order valence-corrected chi connectivity index (χ0v) is 25.2. The highest BCUT2D eigenvalue weighted by molar-refractivity contribution is 5.80. The first kappa shape index (κ1) is 33.3. The minimum absolute atomic E-state index is 0.00809. The van der Waals surface area contributed by atoms with Crippen molar-refractivity contribution < 1.29 is 33.3 Å². The number of rotatable bonds is 19. The Morgan fingerprint density at radius 3 is 1.93 bits per heavy atom. The number of carbonyl (C=O) groups is 2. The van der Waals surface area contributed by atoms with Crippen molar-refractivity contribution in [3.05, 3.63) is 95.6 Å². The quantitative estimate of drug-likeness (QED) is 0.123. The summed E-state index contributed by atoms with van der Waals surface area (Å²) in [5.74, 6) is 3.42. The van der Waals surface area contributed by atoms with E-state index in [0.717, 1.165) is 28.2 Å². The van der Waals surface area contributed by atoms with Gasteiger partial charge in [-0.1, -0.05) is 60.5 Å². The summed E-state index contributed by atoms with van der Waals surface area (Å²) < 4.78 is 28.4. The lowest BCUT2D eigenvalue weighted by Gasteiger charge is -2.37. The van der Waals surface area contributed by atoms with Crippen molar-refractivity contribution in [3.8, 4) is 23.8 Å². The lowest BCUT2D eigenvalue weighted by atomic mass is 9.79. The average Bonchev–Trinajstić information content (AvgIpc) is 3.04. The highest BCUT2D eigenvalue weighted by Crippen LogP contribution is 2.42. The van der Waals surface area contributed by atoms with Crippen LogP contribution in [0.5, 0.6) is 11.5 Å². The third-order valence-electron chi connectivity index (χ3n) is 7.01. The van der Waals surface area contributed by atoms with E-state index in [0.29, 0.717) is 6.61 Å². The SMILES string of the molecule is C#CCOCCC(=O)NCCC(=O)CC(COC)COC(c1ccccc1)(c1ccc(OC)cc1)c1ccc(OC)cc1. The van der Waals surface area contributed by atoms with E-state index < -0.39 is 5.60 Å². The first-order valence-corrected chi connectivity index (χ1v) is 14.2. The summed E-state index contributed by atoms with van der Waals surface area (Å²) in [7, 11) is 4.87. The second-order valence-electron chi connectivity index (χ2n) is 9.99. The van der Waals surface area contributed by atoms with Crippen LogP contribution in [0.3, 0.4) is 0 Å². The normalized spacial score (nSPS) is 11.8. The Balaban J connectivity index is 1.82. The second-order valence-corrected chi connectivity index (χ2v) is 9.99. The molecule has 1 N–H and O–H groups in total. The smallest absolute Gasteiger partial charge is 0.222 e. The maximum Gasteiger partial charge on any atom is 0.222 e. The Labute approximate surface area is 254 Å². The predicted octanol–water partition coefficient (Wildman–Crippen LogP) is 4.78. The summed E-state index contributed by atoms with van der Waals surface area (Å²) in [4.78, 5) is 24.9. The number of Topliss-reactive ketones (excluding diaryl/α,β-unsaturated/α-hetero) is 1. The van der Waals surface area contributed by atoms with E-state index in [2.05, 4.69) is 11.2 Å². The molecule has 0 saturated heterocycles. The van der Waals surface area contributed by atoms with E-state index in [4.69, 9.17) is 30.1 Å². The molecule has 0 spiro atoms. The van der Waals surface area contributed by atoms with Gasteiger partial charge < -0.3 is 29.0 Å². The van der Waals surface area contributed by atoms with Crippen molar-refractivity contribution in [1.29, 1.82) is 0 Å². The van der Waals surface area contributed by atoms with E-state index in [1.165, 1.54) is 0 Å². The molecule has 1 atom stereocenters. The van der Waals surface area contributed by atoms with Gasteiger partial charge in [-0.3, -0.25) is 9.59 Å². The molecular formula is C35H41NO7. The fourth-order valence-corrected chi connectivity index (χ4v) is 4.87. The number of carbonyl (C=O) groups excluding carboxylic acids is 2. The maximum absolute atomic E-state index is 12.9. The molecule has 0 aliphatic heterocycles. The van der Waals surface area contributed by atoms with E-state index in [1.54, 1.807) is 21.3 Å². The highest BCUT2D eigenvalue weighted by atomic mass is 16.5. The Morgan fingerprint density at radius 2 is 1.40 bits per heavy atom. The molecule has 0 bridgehead atoms. The summed E-state index contributed by atoms with van der Waals surface area (Å²) in [6, 6.07) is 25.6. The summed E-state index contributed by atoms with van der Waals surface area (Å²) in [5, 5.41) is 2.76. The van der Waals surface area contributed by atoms with E-state index in [1.807, 2.05) is 78.9 Å². The molecule has 0 aliphatic carbocycles. The van der Waals surface area contributed by atoms with E-state index >= 15 is 0 Å². The maximum atomic E-state index is 12.9. The first-order valence-electron chi connectivity index (χ1n) is 14.2. The number of ether oxygens (including phenoxy) is 5. The van der Waals surface area contributed by atoms with Gasteiger partial charge in [0.1, 0.15) is 29.5 Å². The Morgan fingerprint density at radius 1 is 0.814 bits per heavy atom. The Hall–Kier alpha value is -4.16. The second kappa shape index (κ2) is 17.7. The molecule has 0 aromatic heterocycles. The molecule has 1 amide bonds. The number of terminal acetylenes is 1. The van der Waals surface area contributed by atoms with Crippen LogP contribution in [-0.4, -0.2) is 66.0 Å². The number of hydrogen-bond donors (Lipinski definition) is 1. The van der Waals surface area contributed by atoms with Crippen LogP contribution in [0.4, 0.5) is 0 Å². The van der Waals surface area contributed by atoms with E-state index in [9.17, 15) is 9.59 Å². The number of nitrogens with one attached hydrogen (secondary N) is 1. The van der Waals surface area contributed by atoms with Crippen LogP contribution in [0.2, 0.25) is 0 Å². The van der Waals surface area contributed by atoms with Crippen molar-refractivity contribution in [3.63, 3.8) is 0 Å². The molecule has 0 radical (unpaired) electrons. The van der Waals surface area contributed by atoms with Crippen LogP contribution < -0.4 is 14.8 Å². The molecule has 8 nitrogen and oxygen atoms in total. The lowest BCUT2D eigenvalue weighted by Crippen LogP contribution is -2.36. The molecule has 3 aromatic carbocycles. The zero-order chi connectivity index (χ0) is 30.9. The van der Waals surface area contributed by atoms with Gasteiger partial charge in [0.15, 0.2) is 0 Å². The van der Waals surface area contributed by atoms with Gasteiger partial charge in [0.25, 0.3) is 0 Å². The first-order chi connectivity index (χ1) is 21.0. The molecule has 3 rings (SSSR count). The number of amides is 1. The molecule has 43 heavy (non-hydrogen) atoms. The van der Waals surface area contributed by atoms with Crippen LogP contribution in [0, 0.1) is 18.3 Å². The molecule has 1 unspecified atom stereocenters.